The van der Waals surface area contributed by atoms with Crippen LogP contribution in [-0.4, -0.2) is 63.3 Å². The van der Waals surface area contributed by atoms with Gasteiger partial charge >= 0.3 is 23.9 Å². The number of carbonyl (C=O) groups excluding carboxylic acids is 4. The average Bonchev–Trinajstić information content (AvgIpc) is 2.89. The van der Waals surface area contributed by atoms with Crippen molar-refractivity contribution in [3.63, 3.8) is 0 Å². The molecule has 0 amide bonds. The Balaban J connectivity index is 2.25. The predicted molar refractivity (Wildman–Crippen MR) is 118 cm³/mol. The molecule has 0 N–H and O–H groups in total. The predicted octanol–water partition coefficient (Wildman–Crippen LogP) is 1.65. The quantitative estimate of drug-likeness (QED) is 0.488. The van der Waals surface area contributed by atoms with Gasteiger partial charge in [-0.15, -0.1) is 0 Å². The lowest BCUT2D eigenvalue weighted by Gasteiger charge is -2.43. The molecule has 10 nitrogen and oxygen atoms in total. The molecule has 0 radical (unpaired) electrons. The molecular weight excluding hydrogens is 444 g/mol. The highest BCUT2D eigenvalue weighted by Gasteiger charge is 2.50. The van der Waals surface area contributed by atoms with E-state index in [1.54, 1.807) is 42.6 Å². The molecule has 34 heavy (non-hydrogen) atoms. The van der Waals surface area contributed by atoms with Crippen LogP contribution in [0.25, 0.3) is 17.0 Å². The molecule has 10 heteroatoms. The van der Waals surface area contributed by atoms with E-state index >= 15 is 0 Å². The lowest BCUT2D eigenvalue weighted by atomic mass is 9.81. The number of ether oxygens (including phenoxy) is 4. The van der Waals surface area contributed by atoms with Crippen molar-refractivity contribution in [1.82, 2.24) is 4.98 Å². The van der Waals surface area contributed by atoms with Crippen LogP contribution in [0.15, 0.2) is 59.3 Å². The summed E-state index contributed by atoms with van der Waals surface area (Å²) in [5.41, 5.74) is 1.10. The van der Waals surface area contributed by atoms with Crippen molar-refractivity contribution in [2.24, 2.45) is 0 Å². The van der Waals surface area contributed by atoms with Crippen molar-refractivity contribution in [1.29, 1.82) is 0 Å². The molecule has 1 atom stereocenters. The van der Waals surface area contributed by atoms with Gasteiger partial charge in [0.05, 0.1) is 62.2 Å². The van der Waals surface area contributed by atoms with E-state index in [9.17, 15) is 19.2 Å². The highest BCUT2D eigenvalue weighted by Crippen LogP contribution is 2.50. The Morgan fingerprint density at radius 1 is 0.765 bits per heavy atom. The third-order valence-corrected chi connectivity index (χ3v) is 5.62. The number of hydrogen-bond acceptors (Lipinski definition) is 10. The van der Waals surface area contributed by atoms with Crippen LogP contribution in [-0.2, 0) is 38.1 Å². The normalized spacial score (nSPS) is 16.1. The number of anilines is 1. The van der Waals surface area contributed by atoms with Crippen LogP contribution in [0.2, 0.25) is 0 Å². The molecule has 2 aromatic rings. The van der Waals surface area contributed by atoms with Crippen LogP contribution in [0.4, 0.5) is 5.69 Å². The van der Waals surface area contributed by atoms with Gasteiger partial charge in [0.2, 0.25) is 0 Å². The molecule has 1 unspecified atom stereocenters. The largest absolute Gasteiger partial charge is 0.467 e. The molecule has 0 bridgehead atoms. The summed E-state index contributed by atoms with van der Waals surface area (Å²) in [6.45, 7) is 0. The first kappa shape index (κ1) is 22.7. The average molecular weight is 464 g/mol. The van der Waals surface area contributed by atoms with Gasteiger partial charge in [0, 0.05) is 17.3 Å². The second-order valence-electron chi connectivity index (χ2n) is 7.20. The number of para-hydroxylation sites is 1. The van der Waals surface area contributed by atoms with E-state index in [0.29, 0.717) is 22.5 Å². The van der Waals surface area contributed by atoms with Gasteiger partial charge in [-0.05, 0) is 18.2 Å². The minimum Gasteiger partial charge on any atom is -0.467 e. The van der Waals surface area contributed by atoms with Crippen molar-refractivity contribution in [3.8, 4) is 11.3 Å². The van der Waals surface area contributed by atoms with E-state index in [4.69, 9.17) is 18.9 Å². The van der Waals surface area contributed by atoms with Crippen molar-refractivity contribution in [2.45, 2.75) is 6.04 Å². The SMILES string of the molecule is COC(=O)C1=C(C(=O)OC)C(C(=O)OC)N2C(=C1C(=O)OC)c1cccnc1-c1ccccc12. The summed E-state index contributed by atoms with van der Waals surface area (Å²) in [5, 5.41) is 0. The number of esters is 4. The van der Waals surface area contributed by atoms with Crippen LogP contribution in [0.3, 0.4) is 0 Å². The zero-order valence-electron chi connectivity index (χ0n) is 18.8. The zero-order chi connectivity index (χ0) is 24.6. The van der Waals surface area contributed by atoms with Gasteiger partial charge in [-0.1, -0.05) is 18.2 Å². The summed E-state index contributed by atoms with van der Waals surface area (Å²) < 4.78 is 19.8. The molecule has 0 aliphatic carbocycles. The smallest absolute Gasteiger partial charge is 0.340 e. The van der Waals surface area contributed by atoms with Crippen molar-refractivity contribution in [2.75, 3.05) is 33.3 Å². The van der Waals surface area contributed by atoms with Crippen LogP contribution in [0, 0.1) is 0 Å². The highest BCUT2D eigenvalue weighted by molar-refractivity contribution is 6.23. The lowest BCUT2D eigenvalue weighted by Crippen LogP contribution is -2.50. The lowest BCUT2D eigenvalue weighted by molar-refractivity contribution is -0.145. The van der Waals surface area contributed by atoms with Gasteiger partial charge in [-0.25, -0.2) is 19.2 Å². The number of aromatic nitrogens is 1. The van der Waals surface area contributed by atoms with Crippen molar-refractivity contribution >= 4 is 35.3 Å². The van der Waals surface area contributed by atoms with Gasteiger partial charge < -0.3 is 23.8 Å². The maximum atomic E-state index is 13.2. The Hall–Kier alpha value is -4.47. The number of methoxy groups -OCH3 is 4. The number of rotatable bonds is 4. The first-order chi connectivity index (χ1) is 16.4. The number of benzene rings is 1. The molecule has 0 saturated carbocycles. The molecule has 4 rings (SSSR count). The molecule has 0 spiro atoms. The van der Waals surface area contributed by atoms with E-state index in [1.165, 1.54) is 4.90 Å². The summed E-state index contributed by atoms with van der Waals surface area (Å²) in [6.07, 6.45) is 1.58. The summed E-state index contributed by atoms with van der Waals surface area (Å²) in [7, 11) is 4.48. The van der Waals surface area contributed by atoms with Crippen molar-refractivity contribution < 1.29 is 38.1 Å². The van der Waals surface area contributed by atoms with Crippen LogP contribution >= 0.6 is 0 Å². The van der Waals surface area contributed by atoms with E-state index in [1.807, 2.05) is 0 Å². The first-order valence-corrected chi connectivity index (χ1v) is 10.1. The molecule has 0 saturated heterocycles. The Morgan fingerprint density at radius 3 is 2.03 bits per heavy atom. The molecule has 2 aliphatic rings. The third kappa shape index (κ3) is 3.22. The van der Waals surface area contributed by atoms with Gasteiger partial charge in [-0.3, -0.25) is 4.98 Å². The third-order valence-electron chi connectivity index (χ3n) is 5.62. The highest BCUT2D eigenvalue weighted by atomic mass is 16.5. The monoisotopic (exact) mass is 464 g/mol. The maximum absolute atomic E-state index is 13.2. The minimum atomic E-state index is -1.47. The Labute approximate surface area is 194 Å². The van der Waals surface area contributed by atoms with E-state index in [-0.39, 0.29) is 11.3 Å². The minimum absolute atomic E-state index is 0.150. The molecule has 1 aromatic heterocycles. The fraction of sp³-hybridized carbons (Fsp3) is 0.208. The zero-order valence-corrected chi connectivity index (χ0v) is 18.8. The van der Waals surface area contributed by atoms with E-state index < -0.39 is 41.1 Å². The summed E-state index contributed by atoms with van der Waals surface area (Å²) in [6, 6.07) is 8.89. The number of nitrogens with zero attached hydrogens (tertiary/aromatic N) is 2. The summed E-state index contributed by atoms with van der Waals surface area (Å²) in [4.78, 5) is 58.2. The molecule has 0 fully saturated rings. The topological polar surface area (TPSA) is 121 Å². The first-order valence-electron chi connectivity index (χ1n) is 10.1. The molecule has 2 aliphatic heterocycles. The Kier molecular flexibility index (Phi) is 5.89. The number of carbonyl (C=O) groups is 4. The molecular formula is C24H20N2O8. The Morgan fingerprint density at radius 2 is 1.38 bits per heavy atom. The fourth-order valence-electron chi connectivity index (χ4n) is 4.26. The second-order valence-corrected chi connectivity index (χ2v) is 7.20. The summed E-state index contributed by atoms with van der Waals surface area (Å²) >= 11 is 0. The maximum Gasteiger partial charge on any atom is 0.340 e. The van der Waals surface area contributed by atoms with Gasteiger partial charge in [0.15, 0.2) is 6.04 Å². The number of hydrogen-bond donors (Lipinski definition) is 0. The molecule has 3 heterocycles. The van der Waals surface area contributed by atoms with E-state index in [0.717, 1.165) is 28.4 Å². The summed E-state index contributed by atoms with van der Waals surface area (Å²) in [5.74, 6) is -3.80. The molecule has 174 valence electrons. The fourth-order valence-corrected chi connectivity index (χ4v) is 4.26. The molecule has 1 aromatic carbocycles. The standard InChI is InChI=1S/C24H20N2O8/c1-31-21(27)15-16(22(28)32-2)19-13-9-7-11-25-18(13)12-8-5-6-10-14(12)26(19)20(24(30)34-4)17(15)23(29)33-3/h5-11,20H,1-4H3. The van der Waals surface area contributed by atoms with Gasteiger partial charge in [0.1, 0.15) is 0 Å². The van der Waals surface area contributed by atoms with Crippen LogP contribution in [0.1, 0.15) is 5.56 Å². The van der Waals surface area contributed by atoms with Crippen LogP contribution in [0.5, 0.6) is 0 Å². The van der Waals surface area contributed by atoms with E-state index in [2.05, 4.69) is 4.98 Å². The second kappa shape index (κ2) is 8.81. The van der Waals surface area contributed by atoms with Crippen molar-refractivity contribution in [3.05, 3.63) is 64.9 Å². The van der Waals surface area contributed by atoms with Crippen LogP contribution < -0.4 is 4.90 Å². The van der Waals surface area contributed by atoms with Gasteiger partial charge in [0.25, 0.3) is 0 Å². The van der Waals surface area contributed by atoms with Gasteiger partial charge in [-0.2, -0.15) is 0 Å². The number of fused-ring (bicyclic) bond motifs is 6. The number of pyridine rings is 1. The Bertz CT molecular complexity index is 1290.